The first-order valence-electron chi connectivity index (χ1n) is 11.8. The molecular formula is C25H32N2O4. The summed E-state index contributed by atoms with van der Waals surface area (Å²) in [5.74, 6) is 0.991. The summed E-state index contributed by atoms with van der Waals surface area (Å²) in [7, 11) is 0. The molecular weight excluding hydrogens is 392 g/mol. The molecule has 1 aromatic rings. The molecule has 4 aliphatic carbocycles. The minimum atomic E-state index is -0.523. The van der Waals surface area contributed by atoms with Gasteiger partial charge in [0.15, 0.2) is 6.61 Å². The molecule has 166 valence electrons. The summed E-state index contributed by atoms with van der Waals surface area (Å²) in [5.41, 5.74) is 1.87. The molecule has 0 radical (unpaired) electrons. The summed E-state index contributed by atoms with van der Waals surface area (Å²) in [6.07, 6.45) is 8.12. The number of nitrogens with one attached hydrogen (secondary N) is 1. The Labute approximate surface area is 183 Å². The summed E-state index contributed by atoms with van der Waals surface area (Å²) in [4.78, 5) is 39.5. The Morgan fingerprint density at radius 2 is 1.74 bits per heavy atom. The number of benzene rings is 1. The highest BCUT2D eigenvalue weighted by molar-refractivity contribution is 6.00. The van der Waals surface area contributed by atoms with Crippen molar-refractivity contribution in [2.75, 3.05) is 18.1 Å². The fourth-order valence-corrected chi connectivity index (χ4v) is 7.02. The lowest BCUT2D eigenvalue weighted by atomic mass is 9.53. The number of hydrogen-bond acceptors (Lipinski definition) is 4. The molecule has 1 saturated heterocycles. The monoisotopic (exact) mass is 424 g/mol. The molecule has 4 bridgehead atoms. The highest BCUT2D eigenvalue weighted by atomic mass is 16.5. The highest BCUT2D eigenvalue weighted by Gasteiger charge is 2.51. The van der Waals surface area contributed by atoms with Gasteiger partial charge in [-0.3, -0.25) is 14.4 Å². The van der Waals surface area contributed by atoms with E-state index < -0.39 is 11.9 Å². The largest absolute Gasteiger partial charge is 0.455 e. The van der Waals surface area contributed by atoms with Crippen molar-refractivity contribution in [3.8, 4) is 0 Å². The van der Waals surface area contributed by atoms with Gasteiger partial charge in [-0.1, -0.05) is 25.1 Å². The van der Waals surface area contributed by atoms with E-state index in [1.165, 1.54) is 19.3 Å². The Bertz CT molecular complexity index is 860. The number of carbonyl (C=O) groups is 3. The SMILES string of the molecule is CCc1ccccc1N1C[C@H](C(=O)OCC(=O)NC23CC4CC(CC(C4)C2)C3)CC1=O. The van der Waals surface area contributed by atoms with Crippen LogP contribution in [0.3, 0.4) is 0 Å². The van der Waals surface area contributed by atoms with Crippen LogP contribution in [-0.2, 0) is 25.5 Å². The summed E-state index contributed by atoms with van der Waals surface area (Å²) in [6, 6.07) is 7.78. The molecule has 5 aliphatic rings. The normalized spacial score (nSPS) is 33.6. The van der Waals surface area contributed by atoms with Gasteiger partial charge < -0.3 is 15.0 Å². The average molecular weight is 425 g/mol. The van der Waals surface area contributed by atoms with Crippen molar-refractivity contribution in [1.82, 2.24) is 5.32 Å². The number of amides is 2. The van der Waals surface area contributed by atoms with Crippen LogP contribution in [-0.4, -0.2) is 36.5 Å². The van der Waals surface area contributed by atoms with Crippen LogP contribution in [0.4, 0.5) is 5.69 Å². The predicted molar refractivity (Wildman–Crippen MR) is 116 cm³/mol. The van der Waals surface area contributed by atoms with Crippen LogP contribution in [0.25, 0.3) is 0 Å². The van der Waals surface area contributed by atoms with Gasteiger partial charge in [-0.25, -0.2) is 0 Å². The number of aryl methyl sites for hydroxylation is 1. The molecule has 1 N–H and O–H groups in total. The van der Waals surface area contributed by atoms with E-state index in [2.05, 4.69) is 5.32 Å². The number of para-hydroxylation sites is 1. The fraction of sp³-hybridized carbons (Fsp3) is 0.640. The topological polar surface area (TPSA) is 75.7 Å². The second-order valence-corrected chi connectivity index (χ2v) is 10.2. The number of esters is 1. The van der Waals surface area contributed by atoms with Crippen molar-refractivity contribution in [3.63, 3.8) is 0 Å². The summed E-state index contributed by atoms with van der Waals surface area (Å²) in [6.45, 7) is 2.11. The van der Waals surface area contributed by atoms with Crippen LogP contribution < -0.4 is 10.2 Å². The van der Waals surface area contributed by atoms with E-state index in [4.69, 9.17) is 4.74 Å². The van der Waals surface area contributed by atoms with Crippen LogP contribution in [0.2, 0.25) is 0 Å². The van der Waals surface area contributed by atoms with Crippen LogP contribution >= 0.6 is 0 Å². The van der Waals surface area contributed by atoms with Gasteiger partial charge in [0.05, 0.1) is 5.92 Å². The molecule has 4 saturated carbocycles. The quantitative estimate of drug-likeness (QED) is 0.712. The summed E-state index contributed by atoms with van der Waals surface area (Å²) in [5, 5.41) is 3.24. The highest BCUT2D eigenvalue weighted by Crippen LogP contribution is 2.55. The number of rotatable bonds is 6. The van der Waals surface area contributed by atoms with Gasteiger partial charge in [-0.15, -0.1) is 0 Å². The zero-order valence-corrected chi connectivity index (χ0v) is 18.3. The van der Waals surface area contributed by atoms with Gasteiger partial charge >= 0.3 is 5.97 Å². The second kappa shape index (κ2) is 7.95. The molecule has 1 atom stereocenters. The summed E-state index contributed by atoms with van der Waals surface area (Å²) >= 11 is 0. The molecule has 2 amide bonds. The molecule has 6 rings (SSSR count). The third kappa shape index (κ3) is 3.97. The van der Waals surface area contributed by atoms with Gasteiger partial charge in [-0.2, -0.15) is 0 Å². The minimum absolute atomic E-state index is 0.0686. The van der Waals surface area contributed by atoms with Crippen LogP contribution in [0.15, 0.2) is 24.3 Å². The maximum Gasteiger partial charge on any atom is 0.311 e. The molecule has 5 fully saturated rings. The lowest BCUT2D eigenvalue weighted by Crippen LogP contribution is -2.60. The van der Waals surface area contributed by atoms with Gasteiger partial charge in [0, 0.05) is 24.2 Å². The van der Waals surface area contributed by atoms with E-state index >= 15 is 0 Å². The molecule has 31 heavy (non-hydrogen) atoms. The van der Waals surface area contributed by atoms with Crippen molar-refractivity contribution in [2.45, 2.75) is 63.8 Å². The van der Waals surface area contributed by atoms with Crippen molar-refractivity contribution in [1.29, 1.82) is 0 Å². The molecule has 0 spiro atoms. The van der Waals surface area contributed by atoms with Gasteiger partial charge in [-0.05, 0) is 74.3 Å². The zero-order valence-electron chi connectivity index (χ0n) is 18.3. The number of nitrogens with zero attached hydrogens (tertiary/aromatic N) is 1. The number of ether oxygens (including phenoxy) is 1. The maximum absolute atomic E-state index is 12.6. The van der Waals surface area contributed by atoms with Gasteiger partial charge in [0.2, 0.25) is 5.91 Å². The predicted octanol–water partition coefficient (Wildman–Crippen LogP) is 3.23. The second-order valence-electron chi connectivity index (χ2n) is 10.2. The van der Waals surface area contributed by atoms with Crippen LogP contribution in [0.1, 0.15) is 57.4 Å². The average Bonchev–Trinajstić information content (AvgIpc) is 3.12. The van der Waals surface area contributed by atoms with E-state index in [1.807, 2.05) is 31.2 Å². The van der Waals surface area contributed by atoms with Crippen molar-refractivity contribution >= 4 is 23.5 Å². The van der Waals surface area contributed by atoms with E-state index in [-0.39, 0.29) is 30.4 Å². The Morgan fingerprint density at radius 1 is 1.10 bits per heavy atom. The van der Waals surface area contributed by atoms with E-state index in [9.17, 15) is 14.4 Å². The Kier molecular flexibility index (Phi) is 5.27. The fourth-order valence-electron chi connectivity index (χ4n) is 7.02. The molecule has 6 heteroatoms. The van der Waals surface area contributed by atoms with E-state index in [1.54, 1.807) is 4.90 Å². The Morgan fingerprint density at radius 3 is 2.39 bits per heavy atom. The smallest absolute Gasteiger partial charge is 0.311 e. The lowest BCUT2D eigenvalue weighted by Gasteiger charge is -2.56. The van der Waals surface area contributed by atoms with Crippen molar-refractivity contribution in [2.24, 2.45) is 23.7 Å². The van der Waals surface area contributed by atoms with Gasteiger partial charge in [0.1, 0.15) is 0 Å². The molecule has 1 aromatic carbocycles. The van der Waals surface area contributed by atoms with E-state index in [0.29, 0.717) is 6.54 Å². The van der Waals surface area contributed by atoms with Crippen LogP contribution in [0, 0.1) is 23.7 Å². The molecule has 0 unspecified atom stereocenters. The molecule has 1 heterocycles. The first-order valence-corrected chi connectivity index (χ1v) is 11.8. The minimum Gasteiger partial charge on any atom is -0.455 e. The third-order valence-electron chi connectivity index (χ3n) is 7.91. The Balaban J connectivity index is 1.15. The first-order chi connectivity index (χ1) is 14.9. The third-order valence-corrected chi connectivity index (χ3v) is 7.91. The number of hydrogen-bond donors (Lipinski definition) is 1. The first kappa shape index (κ1) is 20.5. The lowest BCUT2D eigenvalue weighted by molar-refractivity contribution is -0.153. The number of carbonyl (C=O) groups excluding carboxylic acids is 3. The van der Waals surface area contributed by atoms with Crippen molar-refractivity contribution < 1.29 is 19.1 Å². The van der Waals surface area contributed by atoms with Gasteiger partial charge in [0.25, 0.3) is 5.91 Å². The summed E-state index contributed by atoms with van der Waals surface area (Å²) < 4.78 is 5.36. The van der Waals surface area contributed by atoms with Crippen LogP contribution in [0.5, 0.6) is 0 Å². The Hall–Kier alpha value is -2.37. The molecule has 1 aliphatic heterocycles. The molecule has 0 aromatic heterocycles. The number of anilines is 1. The van der Waals surface area contributed by atoms with E-state index in [0.717, 1.165) is 54.7 Å². The standard InChI is InChI=1S/C25H32N2O4/c1-2-19-5-3-4-6-21(19)27-14-20(10-23(27)29)24(30)31-15-22(28)26-25-11-16-7-17(12-25)9-18(8-16)13-25/h3-6,16-18,20H,2,7-15H2,1H3,(H,26,28)/t16?,17?,18?,20-,25?/m1/s1. The van der Waals surface area contributed by atoms with Crippen molar-refractivity contribution in [3.05, 3.63) is 29.8 Å². The maximum atomic E-state index is 12.6. The zero-order chi connectivity index (χ0) is 21.6. The molecule has 6 nitrogen and oxygen atoms in total.